The van der Waals surface area contributed by atoms with Gasteiger partial charge in [-0.2, -0.15) is 0 Å². The lowest BCUT2D eigenvalue weighted by Gasteiger charge is -2.35. The molecular weight excluding hydrogens is 298 g/mol. The van der Waals surface area contributed by atoms with E-state index >= 15 is 0 Å². The average molecular weight is 324 g/mol. The molecule has 1 aromatic rings. The number of amides is 1. The Labute approximate surface area is 138 Å². The summed E-state index contributed by atoms with van der Waals surface area (Å²) in [5.41, 5.74) is 0.911. The van der Waals surface area contributed by atoms with Gasteiger partial charge in [-0.25, -0.2) is 0 Å². The van der Waals surface area contributed by atoms with Gasteiger partial charge < -0.3 is 10.0 Å². The number of halogens is 1. The molecule has 3 nitrogen and oxygen atoms in total. The maximum absolute atomic E-state index is 12.3. The first-order valence-electron chi connectivity index (χ1n) is 8.25. The number of carbonyl (C=O) groups excluding carboxylic acids is 1. The van der Waals surface area contributed by atoms with Gasteiger partial charge in [-0.1, -0.05) is 44.0 Å². The van der Waals surface area contributed by atoms with Crippen LogP contribution in [0.4, 0.5) is 0 Å². The summed E-state index contributed by atoms with van der Waals surface area (Å²) in [6, 6.07) is 7.39. The SMILES string of the molecule is CCCC(C)C(=O)N1CCC(C(O)c2ccc(Cl)cc2)CC1. The van der Waals surface area contributed by atoms with Crippen LogP contribution in [0.25, 0.3) is 0 Å². The Morgan fingerprint density at radius 3 is 2.45 bits per heavy atom. The lowest BCUT2D eigenvalue weighted by molar-refractivity contribution is -0.137. The Morgan fingerprint density at radius 1 is 1.32 bits per heavy atom. The monoisotopic (exact) mass is 323 g/mol. The van der Waals surface area contributed by atoms with E-state index in [1.807, 2.05) is 36.1 Å². The smallest absolute Gasteiger partial charge is 0.225 e. The highest BCUT2D eigenvalue weighted by molar-refractivity contribution is 6.30. The molecule has 0 bridgehead atoms. The summed E-state index contributed by atoms with van der Waals surface area (Å²) in [4.78, 5) is 14.3. The molecule has 2 unspecified atom stereocenters. The number of carbonyl (C=O) groups is 1. The van der Waals surface area contributed by atoms with Gasteiger partial charge in [0.2, 0.25) is 5.91 Å². The molecule has 0 aliphatic carbocycles. The molecular formula is C18H26ClNO2. The number of nitrogens with zero attached hydrogens (tertiary/aromatic N) is 1. The number of likely N-dealkylation sites (tertiary alicyclic amines) is 1. The van der Waals surface area contributed by atoms with E-state index in [1.165, 1.54) is 0 Å². The minimum atomic E-state index is -0.470. The molecule has 1 aromatic carbocycles. The molecule has 0 radical (unpaired) electrons. The number of aliphatic hydroxyl groups is 1. The van der Waals surface area contributed by atoms with Crippen molar-refractivity contribution in [2.75, 3.05) is 13.1 Å². The van der Waals surface area contributed by atoms with Gasteiger partial charge in [-0.3, -0.25) is 4.79 Å². The molecule has 1 amide bonds. The Morgan fingerprint density at radius 2 is 1.91 bits per heavy atom. The topological polar surface area (TPSA) is 40.5 Å². The second kappa shape index (κ2) is 7.98. The van der Waals surface area contributed by atoms with Crippen LogP contribution in [0.1, 0.15) is 51.2 Å². The third-order valence-electron chi connectivity index (χ3n) is 4.65. The summed E-state index contributed by atoms with van der Waals surface area (Å²) < 4.78 is 0. The Kier molecular flexibility index (Phi) is 6.27. The number of benzene rings is 1. The third kappa shape index (κ3) is 4.23. The zero-order valence-corrected chi connectivity index (χ0v) is 14.2. The minimum Gasteiger partial charge on any atom is -0.388 e. The van der Waals surface area contributed by atoms with Crippen LogP contribution < -0.4 is 0 Å². The summed E-state index contributed by atoms with van der Waals surface area (Å²) in [6.07, 6.45) is 3.23. The van der Waals surface area contributed by atoms with Crippen molar-refractivity contribution in [3.63, 3.8) is 0 Å². The molecule has 2 atom stereocenters. The van der Waals surface area contributed by atoms with E-state index in [2.05, 4.69) is 6.92 Å². The van der Waals surface area contributed by atoms with Crippen molar-refractivity contribution >= 4 is 17.5 Å². The number of rotatable bonds is 5. The van der Waals surface area contributed by atoms with Crippen LogP contribution in [0, 0.1) is 11.8 Å². The number of hydrogen-bond acceptors (Lipinski definition) is 2. The molecule has 0 spiro atoms. The number of hydrogen-bond donors (Lipinski definition) is 1. The number of aliphatic hydroxyl groups excluding tert-OH is 1. The van der Waals surface area contributed by atoms with E-state index in [1.54, 1.807) is 0 Å². The van der Waals surface area contributed by atoms with Gasteiger partial charge in [0.05, 0.1) is 6.10 Å². The first-order chi connectivity index (χ1) is 10.5. The van der Waals surface area contributed by atoms with Gasteiger partial charge in [0.15, 0.2) is 0 Å². The Bertz CT molecular complexity index is 480. The first-order valence-corrected chi connectivity index (χ1v) is 8.63. The van der Waals surface area contributed by atoms with Gasteiger partial charge in [0.1, 0.15) is 0 Å². The van der Waals surface area contributed by atoms with Crippen molar-refractivity contribution < 1.29 is 9.90 Å². The molecule has 1 aliphatic rings. The standard InChI is InChI=1S/C18H26ClNO2/c1-3-4-13(2)18(22)20-11-9-15(10-12-20)17(21)14-5-7-16(19)8-6-14/h5-8,13,15,17,21H,3-4,9-12H2,1-2H3. The van der Waals surface area contributed by atoms with Crippen LogP contribution >= 0.6 is 11.6 Å². The van der Waals surface area contributed by atoms with E-state index < -0.39 is 6.10 Å². The van der Waals surface area contributed by atoms with E-state index in [9.17, 15) is 9.90 Å². The van der Waals surface area contributed by atoms with Gasteiger partial charge >= 0.3 is 0 Å². The molecule has 1 N–H and O–H groups in total. The Balaban J connectivity index is 1.89. The fourth-order valence-corrected chi connectivity index (χ4v) is 3.36. The van der Waals surface area contributed by atoms with Crippen LogP contribution in [0.5, 0.6) is 0 Å². The molecule has 22 heavy (non-hydrogen) atoms. The molecule has 1 heterocycles. The summed E-state index contributed by atoms with van der Waals surface area (Å²) in [7, 11) is 0. The van der Waals surface area contributed by atoms with Crippen LogP contribution in [0.2, 0.25) is 5.02 Å². The van der Waals surface area contributed by atoms with Crippen molar-refractivity contribution in [2.24, 2.45) is 11.8 Å². The van der Waals surface area contributed by atoms with Crippen LogP contribution in [-0.2, 0) is 4.79 Å². The number of piperidine rings is 1. The van der Waals surface area contributed by atoms with Crippen molar-refractivity contribution in [3.05, 3.63) is 34.9 Å². The lowest BCUT2D eigenvalue weighted by Crippen LogP contribution is -2.42. The quantitative estimate of drug-likeness (QED) is 0.888. The second-order valence-corrected chi connectivity index (χ2v) is 6.79. The summed E-state index contributed by atoms with van der Waals surface area (Å²) in [5.74, 6) is 0.593. The van der Waals surface area contributed by atoms with Crippen LogP contribution in [-0.4, -0.2) is 29.0 Å². The highest BCUT2D eigenvalue weighted by Gasteiger charge is 2.29. The minimum absolute atomic E-state index is 0.114. The van der Waals surface area contributed by atoms with Crippen LogP contribution in [0.3, 0.4) is 0 Å². The normalized spacial score (nSPS) is 19.0. The molecule has 2 rings (SSSR count). The van der Waals surface area contributed by atoms with Crippen LogP contribution in [0.15, 0.2) is 24.3 Å². The largest absolute Gasteiger partial charge is 0.388 e. The first kappa shape index (κ1) is 17.3. The zero-order valence-electron chi connectivity index (χ0n) is 13.5. The predicted molar refractivity (Wildman–Crippen MR) is 89.8 cm³/mol. The van der Waals surface area contributed by atoms with Gasteiger partial charge in [-0.05, 0) is 42.9 Å². The summed E-state index contributed by atoms with van der Waals surface area (Å²) >= 11 is 5.89. The zero-order chi connectivity index (χ0) is 16.1. The predicted octanol–water partition coefficient (Wildman–Crippen LogP) is 4.05. The van der Waals surface area contributed by atoms with E-state index in [0.717, 1.165) is 44.3 Å². The fourth-order valence-electron chi connectivity index (χ4n) is 3.24. The molecule has 0 aromatic heterocycles. The van der Waals surface area contributed by atoms with Crippen molar-refractivity contribution in [2.45, 2.75) is 45.6 Å². The molecule has 4 heteroatoms. The van der Waals surface area contributed by atoms with Gasteiger partial charge in [-0.15, -0.1) is 0 Å². The van der Waals surface area contributed by atoms with Gasteiger partial charge in [0.25, 0.3) is 0 Å². The third-order valence-corrected chi connectivity index (χ3v) is 4.90. The maximum atomic E-state index is 12.3. The maximum Gasteiger partial charge on any atom is 0.225 e. The highest BCUT2D eigenvalue weighted by Crippen LogP contribution is 2.31. The molecule has 1 aliphatic heterocycles. The fraction of sp³-hybridized carbons (Fsp3) is 0.611. The van der Waals surface area contributed by atoms with Crippen molar-refractivity contribution in [3.8, 4) is 0 Å². The summed E-state index contributed by atoms with van der Waals surface area (Å²) in [5, 5.41) is 11.2. The van der Waals surface area contributed by atoms with E-state index in [-0.39, 0.29) is 17.7 Å². The second-order valence-electron chi connectivity index (χ2n) is 6.35. The summed E-state index contributed by atoms with van der Waals surface area (Å²) in [6.45, 7) is 5.63. The molecule has 122 valence electrons. The van der Waals surface area contributed by atoms with E-state index in [0.29, 0.717) is 5.02 Å². The van der Waals surface area contributed by atoms with Crippen molar-refractivity contribution in [1.29, 1.82) is 0 Å². The highest BCUT2D eigenvalue weighted by atomic mass is 35.5. The van der Waals surface area contributed by atoms with Crippen molar-refractivity contribution in [1.82, 2.24) is 4.90 Å². The molecule has 0 saturated carbocycles. The molecule has 1 fully saturated rings. The Hall–Kier alpha value is -1.06. The average Bonchev–Trinajstić information content (AvgIpc) is 2.54. The van der Waals surface area contributed by atoms with E-state index in [4.69, 9.17) is 11.6 Å². The van der Waals surface area contributed by atoms with Gasteiger partial charge in [0, 0.05) is 24.0 Å². The lowest BCUT2D eigenvalue weighted by atomic mass is 9.87. The molecule has 1 saturated heterocycles.